The minimum Gasteiger partial charge on any atom is -0.274 e. The quantitative estimate of drug-likeness (QED) is 0.815. The first kappa shape index (κ1) is 13.2. The van der Waals surface area contributed by atoms with Gasteiger partial charge in [0.2, 0.25) is 5.91 Å². The number of hydrogen-bond donors (Lipinski definition) is 0. The zero-order valence-corrected chi connectivity index (χ0v) is 12.2. The van der Waals surface area contributed by atoms with Gasteiger partial charge in [0.25, 0.3) is 0 Å². The number of hydrogen-bond acceptors (Lipinski definition) is 3. The maximum absolute atomic E-state index is 13.1. The van der Waals surface area contributed by atoms with Crippen molar-refractivity contribution in [3.05, 3.63) is 60.9 Å². The van der Waals surface area contributed by atoms with E-state index in [9.17, 15) is 4.79 Å². The van der Waals surface area contributed by atoms with E-state index in [1.54, 1.807) is 17.3 Å². The molecule has 4 heteroatoms. The summed E-state index contributed by atoms with van der Waals surface area (Å²) in [5, 5.41) is 0. The van der Waals surface area contributed by atoms with E-state index < -0.39 is 0 Å². The Hall–Kier alpha value is -2.49. The van der Waals surface area contributed by atoms with Crippen LogP contribution in [-0.2, 0) is 4.79 Å². The number of amides is 1. The molecule has 0 saturated heterocycles. The highest BCUT2D eigenvalue weighted by Crippen LogP contribution is 2.45. The molecule has 0 aromatic carbocycles. The van der Waals surface area contributed by atoms with Gasteiger partial charge in [-0.25, -0.2) is 14.9 Å². The molecule has 2 heterocycles. The number of aromatic nitrogens is 2. The van der Waals surface area contributed by atoms with Crippen LogP contribution in [0.15, 0.2) is 60.9 Å². The lowest BCUT2D eigenvalue weighted by molar-refractivity contribution is -0.122. The van der Waals surface area contributed by atoms with E-state index in [1.807, 2.05) is 36.4 Å². The molecule has 4 rings (SSSR count). The average Bonchev–Trinajstić information content (AvgIpc) is 3.20. The van der Waals surface area contributed by atoms with Crippen molar-refractivity contribution in [3.63, 3.8) is 0 Å². The molecule has 2 aliphatic rings. The third-order valence-corrected chi connectivity index (χ3v) is 4.57. The molecule has 4 nitrogen and oxygen atoms in total. The van der Waals surface area contributed by atoms with Crippen molar-refractivity contribution in [2.24, 2.45) is 17.8 Å². The summed E-state index contributed by atoms with van der Waals surface area (Å²) in [5.74, 6) is 2.35. The highest BCUT2D eigenvalue weighted by Gasteiger charge is 2.42. The number of nitrogens with zero attached hydrogens (tertiary/aromatic N) is 3. The molecule has 0 radical (unpaired) electrons. The lowest BCUT2D eigenvalue weighted by atomic mass is 9.92. The van der Waals surface area contributed by atoms with Crippen LogP contribution >= 0.6 is 0 Å². The second-order valence-corrected chi connectivity index (χ2v) is 5.94. The fourth-order valence-corrected chi connectivity index (χ4v) is 3.55. The van der Waals surface area contributed by atoms with Gasteiger partial charge in [-0.2, -0.15) is 0 Å². The van der Waals surface area contributed by atoms with Crippen LogP contribution in [0.2, 0.25) is 0 Å². The van der Waals surface area contributed by atoms with Crippen LogP contribution < -0.4 is 4.90 Å². The van der Waals surface area contributed by atoms with Crippen molar-refractivity contribution in [2.45, 2.75) is 12.8 Å². The Morgan fingerprint density at radius 3 is 2.09 bits per heavy atom. The standard InChI is InChI=1S/C18H17N3O/c22-18(15-12-13-7-8-14(15)11-13)21(16-5-1-3-9-19-16)17-6-2-4-10-20-17/h1-10,13-15H,11-12H2/t13-,14+,15-/m0/s1. The van der Waals surface area contributed by atoms with E-state index in [2.05, 4.69) is 22.1 Å². The number of rotatable bonds is 3. The van der Waals surface area contributed by atoms with Crippen molar-refractivity contribution < 1.29 is 4.79 Å². The molecule has 1 saturated carbocycles. The molecule has 0 unspecified atom stereocenters. The predicted octanol–water partition coefficient (Wildman–Crippen LogP) is 3.35. The molecule has 2 aromatic rings. The molecule has 22 heavy (non-hydrogen) atoms. The molecule has 110 valence electrons. The van der Waals surface area contributed by atoms with Gasteiger partial charge < -0.3 is 0 Å². The van der Waals surface area contributed by atoms with Crippen molar-refractivity contribution >= 4 is 17.5 Å². The maximum atomic E-state index is 13.1. The number of fused-ring (bicyclic) bond motifs is 2. The summed E-state index contributed by atoms with van der Waals surface area (Å²) >= 11 is 0. The summed E-state index contributed by atoms with van der Waals surface area (Å²) in [5.41, 5.74) is 0. The van der Waals surface area contributed by atoms with E-state index in [-0.39, 0.29) is 11.8 Å². The minimum atomic E-state index is 0.0408. The Morgan fingerprint density at radius 1 is 0.955 bits per heavy atom. The van der Waals surface area contributed by atoms with Crippen molar-refractivity contribution in [1.82, 2.24) is 9.97 Å². The van der Waals surface area contributed by atoms with Crippen LogP contribution in [0.4, 0.5) is 11.6 Å². The van der Waals surface area contributed by atoms with Crippen molar-refractivity contribution in [1.29, 1.82) is 0 Å². The highest BCUT2D eigenvalue weighted by atomic mass is 16.2. The Kier molecular flexibility index (Phi) is 3.22. The van der Waals surface area contributed by atoms with Gasteiger partial charge in [-0.05, 0) is 48.9 Å². The number of anilines is 2. The number of carbonyl (C=O) groups excluding carboxylic acids is 1. The molecule has 2 aromatic heterocycles. The first-order valence-corrected chi connectivity index (χ1v) is 7.67. The smallest absolute Gasteiger partial charge is 0.237 e. The molecule has 0 N–H and O–H groups in total. The predicted molar refractivity (Wildman–Crippen MR) is 84.5 cm³/mol. The van der Waals surface area contributed by atoms with E-state index >= 15 is 0 Å². The summed E-state index contributed by atoms with van der Waals surface area (Å²) in [4.78, 5) is 23.5. The SMILES string of the molecule is O=C([C@H]1C[C@H]2C=C[C@@H]1C2)N(c1ccccn1)c1ccccn1. The zero-order chi connectivity index (χ0) is 14.9. The number of pyridine rings is 2. The second kappa shape index (κ2) is 5.37. The highest BCUT2D eigenvalue weighted by molar-refractivity contribution is 6.00. The molecule has 3 atom stereocenters. The van der Waals surface area contributed by atoms with Gasteiger partial charge in [0.1, 0.15) is 11.6 Å². The molecular weight excluding hydrogens is 274 g/mol. The molecule has 0 spiro atoms. The summed E-state index contributed by atoms with van der Waals surface area (Å²) in [6.45, 7) is 0. The van der Waals surface area contributed by atoms with Gasteiger partial charge in [0, 0.05) is 18.3 Å². The lowest BCUT2D eigenvalue weighted by Gasteiger charge is -2.26. The van der Waals surface area contributed by atoms with Gasteiger partial charge in [0.15, 0.2) is 0 Å². The van der Waals surface area contributed by atoms with Crippen LogP contribution in [0.25, 0.3) is 0 Å². The van der Waals surface area contributed by atoms with Crippen LogP contribution in [0.3, 0.4) is 0 Å². The third-order valence-electron chi connectivity index (χ3n) is 4.57. The summed E-state index contributed by atoms with van der Waals surface area (Å²) < 4.78 is 0. The fourth-order valence-electron chi connectivity index (χ4n) is 3.55. The molecule has 2 bridgehead atoms. The summed E-state index contributed by atoms with van der Waals surface area (Å²) in [6.07, 6.45) is 9.91. The Labute approximate surface area is 129 Å². The van der Waals surface area contributed by atoms with Crippen LogP contribution in [0.1, 0.15) is 12.8 Å². The first-order valence-electron chi connectivity index (χ1n) is 7.67. The fraction of sp³-hybridized carbons (Fsp3) is 0.278. The van der Waals surface area contributed by atoms with Gasteiger partial charge in [-0.15, -0.1) is 0 Å². The van der Waals surface area contributed by atoms with E-state index in [0.29, 0.717) is 23.5 Å². The van der Waals surface area contributed by atoms with Crippen LogP contribution in [-0.4, -0.2) is 15.9 Å². The van der Waals surface area contributed by atoms with Crippen molar-refractivity contribution in [2.75, 3.05) is 4.90 Å². The van der Waals surface area contributed by atoms with Gasteiger partial charge in [0.05, 0.1) is 0 Å². The lowest BCUT2D eigenvalue weighted by Crippen LogP contribution is -2.35. The maximum Gasteiger partial charge on any atom is 0.237 e. The normalized spacial score (nSPS) is 25.4. The van der Waals surface area contributed by atoms with E-state index in [0.717, 1.165) is 12.8 Å². The molecule has 0 aliphatic heterocycles. The average molecular weight is 291 g/mol. The van der Waals surface area contributed by atoms with Crippen LogP contribution in [0, 0.1) is 17.8 Å². The van der Waals surface area contributed by atoms with E-state index in [1.165, 1.54) is 0 Å². The third kappa shape index (κ3) is 2.21. The Morgan fingerprint density at radius 2 is 1.64 bits per heavy atom. The Bertz CT molecular complexity index is 659. The molecule has 1 fully saturated rings. The minimum absolute atomic E-state index is 0.0408. The number of carbonyl (C=O) groups is 1. The van der Waals surface area contributed by atoms with Gasteiger partial charge in [-0.1, -0.05) is 24.3 Å². The molecular formula is C18H17N3O. The number of allylic oxidation sites excluding steroid dienone is 2. The van der Waals surface area contributed by atoms with E-state index in [4.69, 9.17) is 0 Å². The molecule has 2 aliphatic carbocycles. The largest absolute Gasteiger partial charge is 0.274 e. The van der Waals surface area contributed by atoms with Crippen LogP contribution in [0.5, 0.6) is 0 Å². The van der Waals surface area contributed by atoms with Gasteiger partial charge in [-0.3, -0.25) is 4.79 Å². The zero-order valence-electron chi connectivity index (χ0n) is 12.2. The molecule has 1 amide bonds. The Balaban J connectivity index is 1.72. The first-order chi connectivity index (χ1) is 10.8. The summed E-state index contributed by atoms with van der Waals surface area (Å²) in [6, 6.07) is 11.2. The second-order valence-electron chi connectivity index (χ2n) is 5.94. The van der Waals surface area contributed by atoms with Gasteiger partial charge >= 0.3 is 0 Å². The van der Waals surface area contributed by atoms with Crippen molar-refractivity contribution in [3.8, 4) is 0 Å². The topological polar surface area (TPSA) is 46.1 Å². The monoisotopic (exact) mass is 291 g/mol. The summed E-state index contributed by atoms with van der Waals surface area (Å²) in [7, 11) is 0.